The summed E-state index contributed by atoms with van der Waals surface area (Å²) >= 11 is 0. The summed E-state index contributed by atoms with van der Waals surface area (Å²) in [6.45, 7) is 4.28. The Morgan fingerprint density at radius 2 is 1.85 bits per heavy atom. The van der Waals surface area contributed by atoms with Crippen molar-refractivity contribution in [2.75, 3.05) is 19.0 Å². The number of methoxy groups -OCH3 is 1. The molecule has 0 heterocycles. The third kappa shape index (κ3) is 5.55. The summed E-state index contributed by atoms with van der Waals surface area (Å²) in [4.78, 5) is 12.7. The molecule has 0 aliphatic carbocycles. The number of unbranched alkanes of at least 4 members (excludes halogenated alkanes) is 2. The Morgan fingerprint density at radius 1 is 1.11 bits per heavy atom. The van der Waals surface area contributed by atoms with Crippen LogP contribution in [-0.4, -0.2) is 28.0 Å². The third-order valence-electron chi connectivity index (χ3n) is 4.19. The molecule has 2 aromatic rings. The van der Waals surface area contributed by atoms with Crippen LogP contribution in [-0.2, 0) is 10.0 Å². The molecule has 0 aliphatic rings. The summed E-state index contributed by atoms with van der Waals surface area (Å²) < 4.78 is 32.8. The van der Waals surface area contributed by atoms with E-state index in [2.05, 4.69) is 17.0 Å². The number of benzene rings is 2. The first-order chi connectivity index (χ1) is 12.9. The highest BCUT2D eigenvalue weighted by atomic mass is 32.2. The smallest absolute Gasteiger partial charge is 0.256 e. The molecule has 7 heteroatoms. The first-order valence-electron chi connectivity index (χ1n) is 8.93. The van der Waals surface area contributed by atoms with Gasteiger partial charge in [0.1, 0.15) is 5.75 Å². The minimum atomic E-state index is -3.65. The minimum Gasteiger partial charge on any atom is -0.495 e. The Morgan fingerprint density at radius 3 is 2.52 bits per heavy atom. The summed E-state index contributed by atoms with van der Waals surface area (Å²) in [7, 11) is -2.19. The second-order valence-corrected chi connectivity index (χ2v) is 8.00. The van der Waals surface area contributed by atoms with Crippen LogP contribution in [0.15, 0.2) is 47.4 Å². The summed E-state index contributed by atoms with van der Waals surface area (Å²) in [5.74, 6) is 0.0683. The van der Waals surface area contributed by atoms with Gasteiger partial charge in [0.05, 0.1) is 17.7 Å². The van der Waals surface area contributed by atoms with Gasteiger partial charge in [-0.1, -0.05) is 38.0 Å². The molecule has 0 atom stereocenters. The van der Waals surface area contributed by atoms with Crippen molar-refractivity contribution in [3.05, 3.63) is 53.6 Å². The van der Waals surface area contributed by atoms with Crippen molar-refractivity contribution in [1.29, 1.82) is 0 Å². The van der Waals surface area contributed by atoms with Crippen LogP contribution in [0.1, 0.15) is 42.1 Å². The van der Waals surface area contributed by atoms with Crippen LogP contribution in [0.25, 0.3) is 0 Å². The summed E-state index contributed by atoms with van der Waals surface area (Å²) in [5, 5.41) is 2.75. The molecule has 1 amide bonds. The molecule has 2 aromatic carbocycles. The Hall–Kier alpha value is -2.38. The highest BCUT2D eigenvalue weighted by Crippen LogP contribution is 2.28. The monoisotopic (exact) mass is 390 g/mol. The second-order valence-electron chi connectivity index (χ2n) is 6.24. The van der Waals surface area contributed by atoms with Crippen LogP contribution in [0.2, 0.25) is 0 Å². The number of carbonyl (C=O) groups excluding carboxylic acids is 1. The highest BCUT2D eigenvalue weighted by Gasteiger charge is 2.18. The van der Waals surface area contributed by atoms with Gasteiger partial charge in [-0.3, -0.25) is 4.79 Å². The van der Waals surface area contributed by atoms with Gasteiger partial charge in [0.2, 0.25) is 10.0 Å². The molecule has 2 rings (SSSR count). The van der Waals surface area contributed by atoms with Gasteiger partial charge in [-0.25, -0.2) is 13.1 Å². The number of aryl methyl sites for hydroxylation is 1. The van der Waals surface area contributed by atoms with Crippen molar-refractivity contribution in [2.45, 2.75) is 38.0 Å². The average Bonchev–Trinajstić information content (AvgIpc) is 2.65. The van der Waals surface area contributed by atoms with E-state index >= 15 is 0 Å². The van der Waals surface area contributed by atoms with E-state index in [1.807, 2.05) is 19.1 Å². The molecule has 0 saturated carbocycles. The van der Waals surface area contributed by atoms with Crippen molar-refractivity contribution < 1.29 is 17.9 Å². The molecular formula is C20H26N2O4S. The molecule has 0 saturated heterocycles. The number of hydrogen-bond acceptors (Lipinski definition) is 4. The van der Waals surface area contributed by atoms with Crippen molar-refractivity contribution in [3.63, 3.8) is 0 Å². The number of carbonyl (C=O) groups is 1. The van der Waals surface area contributed by atoms with Crippen LogP contribution < -0.4 is 14.8 Å². The van der Waals surface area contributed by atoms with Gasteiger partial charge in [0.15, 0.2) is 0 Å². The van der Waals surface area contributed by atoms with Gasteiger partial charge >= 0.3 is 0 Å². The average molecular weight is 391 g/mol. The fourth-order valence-electron chi connectivity index (χ4n) is 2.63. The topological polar surface area (TPSA) is 84.5 Å². The SMILES string of the molecule is CCCCCNS(=O)(=O)c1ccc(OC)c(NC(=O)c2ccccc2C)c1. The van der Waals surface area contributed by atoms with Crippen molar-refractivity contribution in [2.24, 2.45) is 0 Å². The van der Waals surface area contributed by atoms with Crippen LogP contribution in [0, 0.1) is 6.92 Å². The summed E-state index contributed by atoms with van der Waals surface area (Å²) in [6, 6.07) is 11.6. The molecule has 27 heavy (non-hydrogen) atoms. The Kier molecular flexibility index (Phi) is 7.38. The number of rotatable bonds is 9. The number of anilines is 1. The Labute approximate surface area is 161 Å². The zero-order chi connectivity index (χ0) is 19.9. The van der Waals surface area contributed by atoms with Gasteiger partial charge in [-0.05, 0) is 43.2 Å². The van der Waals surface area contributed by atoms with Crippen LogP contribution in [0.5, 0.6) is 5.75 Å². The quantitative estimate of drug-likeness (QED) is 0.639. The van der Waals surface area contributed by atoms with E-state index in [0.717, 1.165) is 24.8 Å². The molecule has 146 valence electrons. The molecule has 0 aliphatic heterocycles. The zero-order valence-corrected chi connectivity index (χ0v) is 16.7. The lowest BCUT2D eigenvalue weighted by atomic mass is 10.1. The second kappa shape index (κ2) is 9.53. The normalized spacial score (nSPS) is 11.2. The number of amides is 1. The van der Waals surface area contributed by atoms with Crippen molar-refractivity contribution in [3.8, 4) is 5.75 Å². The molecule has 2 N–H and O–H groups in total. The Balaban J connectivity index is 2.24. The standard InChI is InChI=1S/C20H26N2O4S/c1-4-5-8-13-21-27(24,25)16-11-12-19(26-3)18(14-16)22-20(23)17-10-7-6-9-15(17)2/h6-7,9-12,14,21H,4-5,8,13H2,1-3H3,(H,22,23). The van der Waals surface area contributed by atoms with Gasteiger partial charge in [0.25, 0.3) is 5.91 Å². The Bertz CT molecular complexity index is 895. The molecule has 0 radical (unpaired) electrons. The molecule has 0 fully saturated rings. The maximum absolute atomic E-state index is 12.6. The largest absolute Gasteiger partial charge is 0.495 e. The van der Waals surface area contributed by atoms with E-state index in [9.17, 15) is 13.2 Å². The van der Waals surface area contributed by atoms with E-state index < -0.39 is 10.0 Å². The van der Waals surface area contributed by atoms with Crippen molar-refractivity contribution in [1.82, 2.24) is 4.72 Å². The van der Waals surface area contributed by atoms with E-state index in [0.29, 0.717) is 23.5 Å². The van der Waals surface area contributed by atoms with Gasteiger partial charge < -0.3 is 10.1 Å². The van der Waals surface area contributed by atoms with Gasteiger partial charge in [0, 0.05) is 12.1 Å². The first-order valence-corrected chi connectivity index (χ1v) is 10.4. The number of hydrogen-bond donors (Lipinski definition) is 2. The summed E-state index contributed by atoms with van der Waals surface area (Å²) in [5.41, 5.74) is 1.66. The van der Waals surface area contributed by atoms with Crippen LogP contribution in [0.3, 0.4) is 0 Å². The summed E-state index contributed by atoms with van der Waals surface area (Å²) in [6.07, 6.45) is 2.75. The zero-order valence-electron chi connectivity index (χ0n) is 15.9. The van der Waals surface area contributed by atoms with E-state index in [1.54, 1.807) is 12.1 Å². The molecule has 6 nitrogen and oxygen atoms in total. The van der Waals surface area contributed by atoms with Crippen molar-refractivity contribution >= 4 is 21.6 Å². The van der Waals surface area contributed by atoms with E-state index in [1.165, 1.54) is 25.3 Å². The number of sulfonamides is 1. The predicted molar refractivity (Wildman–Crippen MR) is 107 cm³/mol. The third-order valence-corrected chi connectivity index (χ3v) is 5.65. The van der Waals surface area contributed by atoms with E-state index in [4.69, 9.17) is 4.74 Å². The molecule has 0 spiro atoms. The fraction of sp³-hybridized carbons (Fsp3) is 0.350. The molecular weight excluding hydrogens is 364 g/mol. The lowest BCUT2D eigenvalue weighted by molar-refractivity contribution is 0.102. The fourth-order valence-corrected chi connectivity index (χ4v) is 3.73. The van der Waals surface area contributed by atoms with Gasteiger partial charge in [-0.2, -0.15) is 0 Å². The molecule has 0 aromatic heterocycles. The highest BCUT2D eigenvalue weighted by molar-refractivity contribution is 7.89. The lowest BCUT2D eigenvalue weighted by Crippen LogP contribution is -2.25. The minimum absolute atomic E-state index is 0.0832. The van der Waals surface area contributed by atoms with Crippen LogP contribution >= 0.6 is 0 Å². The van der Waals surface area contributed by atoms with Crippen LogP contribution in [0.4, 0.5) is 5.69 Å². The molecule has 0 bridgehead atoms. The predicted octanol–water partition coefficient (Wildman–Crippen LogP) is 3.72. The molecule has 0 unspecified atom stereocenters. The first kappa shape index (κ1) is 20.9. The lowest BCUT2D eigenvalue weighted by Gasteiger charge is -2.14. The van der Waals surface area contributed by atoms with Gasteiger partial charge in [-0.15, -0.1) is 0 Å². The van der Waals surface area contributed by atoms with E-state index in [-0.39, 0.29) is 10.8 Å². The maximum Gasteiger partial charge on any atom is 0.256 e. The number of nitrogens with one attached hydrogen (secondary N) is 2. The maximum atomic E-state index is 12.6. The number of ether oxygens (including phenoxy) is 1.